The minimum atomic E-state index is -0.791. The fourth-order valence-corrected chi connectivity index (χ4v) is 3.10. The smallest absolute Gasteiger partial charge is 0.359 e. The van der Waals surface area contributed by atoms with Gasteiger partial charge in [0.15, 0.2) is 11.4 Å². The minimum absolute atomic E-state index is 0.0741. The molecule has 160 valence electrons. The first kappa shape index (κ1) is 21.6. The lowest BCUT2D eigenvalue weighted by Crippen LogP contribution is -2.18. The molecule has 2 aromatic carbocycles. The summed E-state index contributed by atoms with van der Waals surface area (Å²) in [5.41, 5.74) is 0.180. The third kappa shape index (κ3) is 4.42. The first-order valence-electron chi connectivity index (χ1n) is 9.39. The Morgan fingerprint density at radius 1 is 1.16 bits per heavy atom. The third-order valence-corrected chi connectivity index (χ3v) is 4.58. The molecular formula is C21H20N4O6. The number of methoxy groups -OCH3 is 1. The maximum atomic E-state index is 13.2. The maximum Gasteiger partial charge on any atom is 0.359 e. The van der Waals surface area contributed by atoms with E-state index in [1.54, 1.807) is 51.3 Å². The van der Waals surface area contributed by atoms with Gasteiger partial charge in [-0.05, 0) is 37.1 Å². The van der Waals surface area contributed by atoms with Gasteiger partial charge < -0.3 is 9.47 Å². The minimum Gasteiger partial charge on any atom is -0.497 e. The molecule has 0 aliphatic heterocycles. The van der Waals surface area contributed by atoms with Gasteiger partial charge in [-0.1, -0.05) is 29.5 Å². The van der Waals surface area contributed by atoms with Crippen molar-refractivity contribution in [2.45, 2.75) is 20.4 Å². The molecule has 31 heavy (non-hydrogen) atoms. The molecule has 0 saturated heterocycles. The Kier molecular flexibility index (Phi) is 6.39. The van der Waals surface area contributed by atoms with Crippen LogP contribution in [0.3, 0.4) is 0 Å². The summed E-state index contributed by atoms with van der Waals surface area (Å²) in [7, 11) is 1.55. The zero-order chi connectivity index (χ0) is 22.5. The third-order valence-electron chi connectivity index (χ3n) is 4.58. The number of hydrogen-bond donors (Lipinski definition) is 0. The van der Waals surface area contributed by atoms with Gasteiger partial charge in [-0.15, -0.1) is 5.10 Å². The summed E-state index contributed by atoms with van der Waals surface area (Å²) in [6.45, 7) is 3.41. The van der Waals surface area contributed by atoms with Crippen LogP contribution in [-0.4, -0.2) is 45.4 Å². The van der Waals surface area contributed by atoms with Gasteiger partial charge in [0.05, 0.1) is 25.2 Å². The molecule has 10 heteroatoms. The highest BCUT2D eigenvalue weighted by Crippen LogP contribution is 2.26. The second-order valence-corrected chi connectivity index (χ2v) is 6.57. The molecule has 1 heterocycles. The van der Waals surface area contributed by atoms with Crippen molar-refractivity contribution >= 4 is 17.4 Å². The lowest BCUT2D eigenvalue weighted by molar-refractivity contribution is -0.385. The van der Waals surface area contributed by atoms with Crippen LogP contribution in [0.4, 0.5) is 5.69 Å². The van der Waals surface area contributed by atoms with Crippen LogP contribution < -0.4 is 4.74 Å². The molecule has 0 aliphatic rings. The number of benzene rings is 2. The second kappa shape index (κ2) is 9.16. The molecule has 1 aromatic heterocycles. The van der Waals surface area contributed by atoms with E-state index in [0.717, 1.165) is 5.56 Å². The number of rotatable bonds is 8. The summed E-state index contributed by atoms with van der Waals surface area (Å²) in [5.74, 6) is -0.898. The maximum absolute atomic E-state index is 13.2. The Labute approximate surface area is 177 Å². The number of nitro groups is 1. The predicted octanol–water partition coefficient (Wildman–Crippen LogP) is 2.96. The Balaban J connectivity index is 2.08. The molecule has 0 radical (unpaired) electrons. The van der Waals surface area contributed by atoms with Gasteiger partial charge >= 0.3 is 5.97 Å². The van der Waals surface area contributed by atoms with Crippen LogP contribution in [0.1, 0.15) is 44.6 Å². The predicted molar refractivity (Wildman–Crippen MR) is 109 cm³/mol. The van der Waals surface area contributed by atoms with E-state index in [0.29, 0.717) is 11.3 Å². The van der Waals surface area contributed by atoms with Crippen molar-refractivity contribution < 1.29 is 24.0 Å². The molecule has 0 atom stereocenters. The van der Waals surface area contributed by atoms with Crippen molar-refractivity contribution in [2.75, 3.05) is 13.7 Å². The number of aromatic nitrogens is 3. The van der Waals surface area contributed by atoms with Gasteiger partial charge in [-0.25, -0.2) is 9.48 Å². The number of ether oxygens (including phenoxy) is 2. The van der Waals surface area contributed by atoms with Crippen molar-refractivity contribution in [3.8, 4) is 5.75 Å². The molecule has 0 bridgehead atoms. The average Bonchev–Trinajstić information content (AvgIpc) is 3.17. The molecule has 3 aromatic rings. The summed E-state index contributed by atoms with van der Waals surface area (Å²) in [5, 5.41) is 19.3. The van der Waals surface area contributed by atoms with Crippen molar-refractivity contribution in [1.82, 2.24) is 15.0 Å². The van der Waals surface area contributed by atoms with E-state index in [9.17, 15) is 19.7 Å². The molecular weight excluding hydrogens is 404 g/mol. The number of hydrogen-bond acceptors (Lipinski definition) is 8. The van der Waals surface area contributed by atoms with Crippen LogP contribution in [0.25, 0.3) is 0 Å². The largest absolute Gasteiger partial charge is 0.497 e. The fraction of sp³-hybridized carbons (Fsp3) is 0.238. The number of carbonyl (C=O) groups excluding carboxylic acids is 2. The lowest BCUT2D eigenvalue weighted by Gasteiger charge is -2.09. The van der Waals surface area contributed by atoms with Crippen LogP contribution in [0.2, 0.25) is 0 Å². The molecule has 0 saturated carbocycles. The molecule has 0 unspecified atom stereocenters. The summed E-state index contributed by atoms with van der Waals surface area (Å²) in [6.07, 6.45) is 0. The van der Waals surface area contributed by atoms with Crippen molar-refractivity contribution in [1.29, 1.82) is 0 Å². The van der Waals surface area contributed by atoms with Crippen LogP contribution in [-0.2, 0) is 11.3 Å². The van der Waals surface area contributed by atoms with E-state index in [4.69, 9.17) is 9.47 Å². The van der Waals surface area contributed by atoms with Crippen LogP contribution in [0.15, 0.2) is 42.5 Å². The topological polar surface area (TPSA) is 126 Å². The summed E-state index contributed by atoms with van der Waals surface area (Å²) in [6, 6.07) is 11.3. The van der Waals surface area contributed by atoms with Gasteiger partial charge in [-0.2, -0.15) is 0 Å². The van der Waals surface area contributed by atoms with Crippen molar-refractivity contribution in [3.63, 3.8) is 0 Å². The Morgan fingerprint density at radius 2 is 1.87 bits per heavy atom. The zero-order valence-corrected chi connectivity index (χ0v) is 17.2. The normalized spacial score (nSPS) is 10.5. The molecule has 0 aliphatic carbocycles. The van der Waals surface area contributed by atoms with E-state index >= 15 is 0 Å². The second-order valence-electron chi connectivity index (χ2n) is 6.57. The standard InChI is InChI=1S/C21H20N4O6/c1-4-31-21(27)19-18(20(26)17-13(2)6-5-7-16(17)25(28)29)22-23-24(19)12-14-8-10-15(30-3)11-9-14/h5-11H,4,12H2,1-3H3. The Hall–Kier alpha value is -4.08. The number of nitrogens with zero attached hydrogens (tertiary/aromatic N) is 4. The summed E-state index contributed by atoms with van der Waals surface area (Å²) >= 11 is 0. The molecule has 0 spiro atoms. The van der Waals surface area contributed by atoms with Crippen LogP contribution in [0.5, 0.6) is 5.75 Å². The summed E-state index contributed by atoms with van der Waals surface area (Å²) < 4.78 is 11.5. The van der Waals surface area contributed by atoms with Crippen molar-refractivity contribution in [2.24, 2.45) is 0 Å². The first-order chi connectivity index (χ1) is 14.9. The highest BCUT2D eigenvalue weighted by atomic mass is 16.6. The van der Waals surface area contributed by atoms with Gasteiger partial charge in [-0.3, -0.25) is 14.9 Å². The van der Waals surface area contributed by atoms with Gasteiger partial charge in [0.2, 0.25) is 5.78 Å². The molecule has 10 nitrogen and oxygen atoms in total. The summed E-state index contributed by atoms with van der Waals surface area (Å²) in [4.78, 5) is 36.7. The van der Waals surface area contributed by atoms with Gasteiger partial charge in [0.25, 0.3) is 5.69 Å². The highest BCUT2D eigenvalue weighted by Gasteiger charge is 2.32. The zero-order valence-electron chi connectivity index (χ0n) is 17.2. The number of esters is 1. The number of carbonyl (C=O) groups is 2. The molecule has 0 fully saturated rings. The van der Waals surface area contributed by atoms with Gasteiger partial charge in [0, 0.05) is 6.07 Å². The number of ketones is 1. The fourth-order valence-electron chi connectivity index (χ4n) is 3.10. The number of aryl methyl sites for hydroxylation is 1. The highest BCUT2D eigenvalue weighted by molar-refractivity contribution is 6.15. The van der Waals surface area contributed by atoms with Crippen LogP contribution >= 0.6 is 0 Å². The van der Waals surface area contributed by atoms with E-state index in [1.807, 2.05) is 0 Å². The quantitative estimate of drug-likeness (QED) is 0.234. The average molecular weight is 424 g/mol. The SMILES string of the molecule is CCOC(=O)c1c(C(=O)c2c(C)cccc2[N+](=O)[O-])nnn1Cc1ccc(OC)cc1. The van der Waals surface area contributed by atoms with E-state index in [1.165, 1.54) is 16.8 Å². The molecule has 3 rings (SSSR count). The van der Waals surface area contributed by atoms with Gasteiger partial charge in [0.1, 0.15) is 11.3 Å². The monoisotopic (exact) mass is 424 g/mol. The lowest BCUT2D eigenvalue weighted by atomic mass is 9.99. The molecule has 0 N–H and O–H groups in total. The van der Waals surface area contributed by atoms with E-state index in [-0.39, 0.29) is 35.8 Å². The first-order valence-corrected chi connectivity index (χ1v) is 9.39. The molecule has 0 amide bonds. The van der Waals surface area contributed by atoms with E-state index in [2.05, 4.69) is 10.3 Å². The van der Waals surface area contributed by atoms with E-state index < -0.39 is 16.7 Å². The Morgan fingerprint density at radius 3 is 2.48 bits per heavy atom. The van der Waals surface area contributed by atoms with Crippen LogP contribution in [0, 0.1) is 17.0 Å². The van der Waals surface area contributed by atoms with Crippen molar-refractivity contribution in [3.05, 3.63) is 80.7 Å². The number of nitro benzene ring substituents is 1. The Bertz CT molecular complexity index is 1140.